The van der Waals surface area contributed by atoms with Gasteiger partial charge in [-0.3, -0.25) is 0 Å². The number of carbonyl (C=O) groups excluding carboxylic acids is 1. The van der Waals surface area contributed by atoms with Crippen LogP contribution in [0.1, 0.15) is 15.5 Å². The van der Waals surface area contributed by atoms with Crippen molar-refractivity contribution in [2.45, 2.75) is 6.61 Å². The second-order valence-corrected chi connectivity index (χ2v) is 6.51. The Labute approximate surface area is 144 Å². The first-order valence-electron chi connectivity index (χ1n) is 6.07. The first-order chi connectivity index (χ1) is 10.6. The maximum absolute atomic E-state index is 12.0. The van der Waals surface area contributed by atoms with E-state index in [4.69, 9.17) is 39.5 Å². The molecule has 0 N–H and O–H groups in total. The highest BCUT2D eigenvalue weighted by Gasteiger charge is 2.19. The van der Waals surface area contributed by atoms with Gasteiger partial charge in [-0.1, -0.05) is 46.9 Å². The van der Waals surface area contributed by atoms with Gasteiger partial charge in [-0.25, -0.2) is 14.8 Å². The minimum Gasteiger partial charge on any atom is -0.454 e. The molecule has 3 rings (SSSR count). The summed E-state index contributed by atoms with van der Waals surface area (Å²) >= 11 is 19.0. The zero-order chi connectivity index (χ0) is 15.7. The second kappa shape index (κ2) is 6.38. The van der Waals surface area contributed by atoms with Crippen molar-refractivity contribution in [3.05, 3.63) is 56.2 Å². The summed E-state index contributed by atoms with van der Waals surface area (Å²) in [6.07, 6.45) is 1.25. The van der Waals surface area contributed by atoms with E-state index in [9.17, 15) is 4.79 Å². The lowest BCUT2D eigenvalue weighted by molar-refractivity contribution is 0.0466. The minimum atomic E-state index is -0.678. The van der Waals surface area contributed by atoms with Gasteiger partial charge in [0.25, 0.3) is 0 Å². The summed E-state index contributed by atoms with van der Waals surface area (Å²) in [5.41, 5.74) is 0.793. The molecule has 3 aromatic rings. The van der Waals surface area contributed by atoms with Gasteiger partial charge in [0.2, 0.25) is 0 Å². The van der Waals surface area contributed by atoms with Crippen LogP contribution in [0.3, 0.4) is 0 Å². The molecule has 4 nitrogen and oxygen atoms in total. The molecule has 0 unspecified atom stereocenters. The van der Waals surface area contributed by atoms with Gasteiger partial charge in [0, 0.05) is 6.20 Å². The van der Waals surface area contributed by atoms with Crippen molar-refractivity contribution >= 4 is 62.3 Å². The predicted octanol–water partition coefficient (Wildman–Crippen LogP) is 5.01. The van der Waals surface area contributed by atoms with E-state index < -0.39 is 5.97 Å². The van der Waals surface area contributed by atoms with Gasteiger partial charge in [0.15, 0.2) is 5.69 Å². The summed E-state index contributed by atoms with van der Waals surface area (Å²) in [4.78, 5) is 20.3. The Kier molecular flexibility index (Phi) is 4.49. The fourth-order valence-corrected chi connectivity index (χ4v) is 3.20. The Bertz CT molecular complexity index is 833. The predicted molar refractivity (Wildman–Crippen MR) is 88.0 cm³/mol. The lowest BCUT2D eigenvalue weighted by Crippen LogP contribution is -2.08. The summed E-state index contributed by atoms with van der Waals surface area (Å²) in [6.45, 7) is 0.0381. The molecule has 22 heavy (non-hydrogen) atoms. The topological polar surface area (TPSA) is 52.1 Å². The van der Waals surface area contributed by atoms with E-state index in [1.807, 2.05) is 24.3 Å². The number of aromatic nitrogens is 2. The lowest BCUT2D eigenvalue weighted by atomic mass is 10.3. The summed E-state index contributed by atoms with van der Waals surface area (Å²) in [5.74, 6) is -0.678. The Morgan fingerprint density at radius 2 is 1.95 bits per heavy atom. The smallest absolute Gasteiger partial charge is 0.358 e. The fraction of sp³-hybridized carbons (Fsp3) is 0.0714. The summed E-state index contributed by atoms with van der Waals surface area (Å²) in [6, 6.07) is 7.68. The zero-order valence-electron chi connectivity index (χ0n) is 10.8. The van der Waals surface area contributed by atoms with Crippen LogP contribution >= 0.6 is 46.1 Å². The van der Waals surface area contributed by atoms with Gasteiger partial charge in [-0.05, 0) is 12.1 Å². The number of halogens is 3. The second-order valence-electron chi connectivity index (χ2n) is 4.23. The molecule has 0 aliphatic carbocycles. The molecule has 0 atom stereocenters. The Morgan fingerprint density at radius 3 is 2.73 bits per heavy atom. The van der Waals surface area contributed by atoms with E-state index in [1.54, 1.807) is 0 Å². The monoisotopic (exact) mass is 372 g/mol. The Hall–Kier alpha value is -1.40. The van der Waals surface area contributed by atoms with Gasteiger partial charge in [0.1, 0.15) is 11.6 Å². The van der Waals surface area contributed by atoms with Crippen molar-refractivity contribution in [1.82, 2.24) is 9.97 Å². The number of carbonyl (C=O) groups is 1. The van der Waals surface area contributed by atoms with Gasteiger partial charge >= 0.3 is 5.97 Å². The van der Waals surface area contributed by atoms with Crippen LogP contribution in [0, 0.1) is 0 Å². The van der Waals surface area contributed by atoms with E-state index in [2.05, 4.69) is 9.97 Å². The number of fused-ring (bicyclic) bond motifs is 1. The summed E-state index contributed by atoms with van der Waals surface area (Å²) < 4.78 is 6.21. The summed E-state index contributed by atoms with van der Waals surface area (Å²) in [7, 11) is 0. The number of para-hydroxylation sites is 1. The van der Waals surface area contributed by atoms with Gasteiger partial charge in [0.05, 0.1) is 25.3 Å². The number of ether oxygens (including phenoxy) is 1. The highest BCUT2D eigenvalue weighted by molar-refractivity contribution is 7.18. The van der Waals surface area contributed by atoms with Crippen LogP contribution in [0.4, 0.5) is 0 Å². The molecule has 1 aromatic carbocycles. The third-order valence-electron chi connectivity index (χ3n) is 2.78. The van der Waals surface area contributed by atoms with Crippen LogP contribution in [0.25, 0.3) is 10.2 Å². The van der Waals surface area contributed by atoms with E-state index in [0.29, 0.717) is 5.01 Å². The molecule has 0 amide bonds. The SMILES string of the molecule is O=C(OCc1nc2ccccc2s1)c1ncc(Cl)c(Cl)c1Cl. The molecule has 0 saturated carbocycles. The molecule has 112 valence electrons. The van der Waals surface area contributed by atoms with Crippen molar-refractivity contribution in [2.24, 2.45) is 0 Å². The lowest BCUT2D eigenvalue weighted by Gasteiger charge is -2.05. The number of rotatable bonds is 3. The molecule has 8 heteroatoms. The molecule has 0 spiro atoms. The third kappa shape index (κ3) is 3.03. The number of benzene rings is 1. The highest BCUT2D eigenvalue weighted by Crippen LogP contribution is 2.31. The van der Waals surface area contributed by atoms with Crippen LogP contribution in [0.2, 0.25) is 15.1 Å². The average molecular weight is 374 g/mol. The van der Waals surface area contributed by atoms with Crippen molar-refractivity contribution in [2.75, 3.05) is 0 Å². The van der Waals surface area contributed by atoms with E-state index in [1.165, 1.54) is 17.5 Å². The number of pyridine rings is 1. The molecule has 0 aliphatic heterocycles. The van der Waals surface area contributed by atoms with Crippen molar-refractivity contribution in [3.8, 4) is 0 Å². The molecular formula is C14H7Cl3N2O2S. The average Bonchev–Trinajstić information content (AvgIpc) is 2.93. The first-order valence-corrected chi connectivity index (χ1v) is 8.02. The standard InChI is InChI=1S/C14H7Cl3N2O2S/c15-7-5-18-13(12(17)11(7)16)14(20)21-6-10-19-8-3-1-2-4-9(8)22-10/h1-5H,6H2. The van der Waals surface area contributed by atoms with Gasteiger partial charge in [-0.2, -0.15) is 0 Å². The van der Waals surface area contributed by atoms with E-state index in [-0.39, 0.29) is 27.4 Å². The molecular weight excluding hydrogens is 367 g/mol. The first kappa shape index (κ1) is 15.5. The van der Waals surface area contributed by atoms with Crippen molar-refractivity contribution in [3.63, 3.8) is 0 Å². The Balaban J connectivity index is 1.76. The van der Waals surface area contributed by atoms with Crippen molar-refractivity contribution < 1.29 is 9.53 Å². The highest BCUT2D eigenvalue weighted by atomic mass is 35.5. The molecule has 0 aliphatic rings. The van der Waals surface area contributed by atoms with Gasteiger partial charge in [-0.15, -0.1) is 11.3 Å². The maximum Gasteiger partial charge on any atom is 0.358 e. The minimum absolute atomic E-state index is 0.0246. The molecule has 2 heterocycles. The molecule has 0 bridgehead atoms. The molecule has 2 aromatic heterocycles. The quantitative estimate of drug-likeness (QED) is 0.606. The molecule has 0 fully saturated rings. The number of hydrogen-bond donors (Lipinski definition) is 0. The fourth-order valence-electron chi connectivity index (χ4n) is 1.76. The molecule has 0 radical (unpaired) electrons. The van der Waals surface area contributed by atoms with E-state index in [0.717, 1.165) is 10.2 Å². The van der Waals surface area contributed by atoms with Crippen LogP contribution in [0.5, 0.6) is 0 Å². The number of hydrogen-bond acceptors (Lipinski definition) is 5. The van der Waals surface area contributed by atoms with Gasteiger partial charge < -0.3 is 4.74 Å². The Morgan fingerprint density at radius 1 is 1.18 bits per heavy atom. The number of esters is 1. The normalized spacial score (nSPS) is 10.9. The van der Waals surface area contributed by atoms with Crippen LogP contribution in [0.15, 0.2) is 30.5 Å². The molecule has 0 saturated heterocycles. The van der Waals surface area contributed by atoms with Crippen LogP contribution in [-0.4, -0.2) is 15.9 Å². The largest absolute Gasteiger partial charge is 0.454 e. The number of thiazole rings is 1. The zero-order valence-corrected chi connectivity index (χ0v) is 13.9. The maximum atomic E-state index is 12.0. The number of nitrogens with zero attached hydrogens (tertiary/aromatic N) is 2. The third-order valence-corrected chi connectivity index (χ3v) is 5.03. The summed E-state index contributed by atoms with van der Waals surface area (Å²) in [5, 5.41) is 0.911. The van der Waals surface area contributed by atoms with Crippen molar-refractivity contribution in [1.29, 1.82) is 0 Å². The van der Waals surface area contributed by atoms with Crippen LogP contribution < -0.4 is 0 Å². The van der Waals surface area contributed by atoms with Crippen LogP contribution in [-0.2, 0) is 11.3 Å². The van der Waals surface area contributed by atoms with E-state index >= 15 is 0 Å².